The van der Waals surface area contributed by atoms with E-state index in [2.05, 4.69) is 5.32 Å². The van der Waals surface area contributed by atoms with Crippen LogP contribution in [0.3, 0.4) is 0 Å². The highest BCUT2D eigenvalue weighted by molar-refractivity contribution is 5.60. The molecule has 0 amide bonds. The highest BCUT2D eigenvalue weighted by Gasteiger charge is 2.15. The number of anilines is 1. The van der Waals surface area contributed by atoms with Crippen molar-refractivity contribution < 1.29 is 14.5 Å². The van der Waals surface area contributed by atoms with Crippen molar-refractivity contribution >= 4 is 11.4 Å². The molecule has 1 aromatic carbocycles. The monoisotopic (exact) mass is 254 g/mol. The van der Waals surface area contributed by atoms with Crippen LogP contribution in [0.1, 0.15) is 0 Å². The van der Waals surface area contributed by atoms with Gasteiger partial charge in [0.1, 0.15) is 12.2 Å². The lowest BCUT2D eigenvalue weighted by Gasteiger charge is -2.29. The van der Waals surface area contributed by atoms with Gasteiger partial charge < -0.3 is 14.9 Å². The molecule has 0 aliphatic heterocycles. The van der Waals surface area contributed by atoms with Gasteiger partial charge in [0.15, 0.2) is 0 Å². The standard InChI is InChI=1S/C12H20N3O3/c1-15(2,9-10-16)8-7-13-11-5-3-4-6-12(11)14(17)18/h3-6,13,16H,7-10H2,1-2H3/q+1. The minimum Gasteiger partial charge on any atom is -0.391 e. The van der Waals surface area contributed by atoms with Gasteiger partial charge in [-0.3, -0.25) is 10.1 Å². The fraction of sp³-hybridized carbons (Fsp3) is 0.500. The molecule has 0 aromatic heterocycles. The number of rotatable bonds is 7. The summed E-state index contributed by atoms with van der Waals surface area (Å²) in [6.07, 6.45) is 0. The fourth-order valence-electron chi connectivity index (χ4n) is 1.66. The van der Waals surface area contributed by atoms with Gasteiger partial charge in [-0.25, -0.2) is 0 Å². The Bertz CT molecular complexity index is 407. The van der Waals surface area contributed by atoms with E-state index in [-0.39, 0.29) is 12.3 Å². The molecule has 18 heavy (non-hydrogen) atoms. The second kappa shape index (κ2) is 6.32. The Labute approximate surface area is 107 Å². The molecule has 2 N–H and O–H groups in total. The summed E-state index contributed by atoms with van der Waals surface area (Å²) >= 11 is 0. The van der Waals surface area contributed by atoms with Crippen LogP contribution in [0.15, 0.2) is 24.3 Å². The third-order valence-corrected chi connectivity index (χ3v) is 2.84. The Kier molecular flexibility index (Phi) is 5.06. The normalized spacial score (nSPS) is 11.3. The first kappa shape index (κ1) is 14.4. The van der Waals surface area contributed by atoms with Crippen molar-refractivity contribution in [2.45, 2.75) is 0 Å². The van der Waals surface area contributed by atoms with E-state index < -0.39 is 4.92 Å². The molecule has 0 saturated heterocycles. The van der Waals surface area contributed by atoms with Crippen LogP contribution in [-0.2, 0) is 0 Å². The third-order valence-electron chi connectivity index (χ3n) is 2.84. The van der Waals surface area contributed by atoms with Crippen LogP contribution >= 0.6 is 0 Å². The minimum atomic E-state index is -0.393. The van der Waals surface area contributed by atoms with Crippen LogP contribution in [0.2, 0.25) is 0 Å². The van der Waals surface area contributed by atoms with Gasteiger partial charge in [-0.05, 0) is 6.07 Å². The van der Waals surface area contributed by atoms with E-state index in [1.165, 1.54) is 6.07 Å². The number of aliphatic hydroxyl groups excluding tert-OH is 1. The molecule has 6 nitrogen and oxygen atoms in total. The SMILES string of the molecule is C[N+](C)(CCO)CCNc1ccccc1[N+](=O)[O-]. The number of nitro groups is 1. The molecule has 0 aliphatic carbocycles. The smallest absolute Gasteiger partial charge is 0.292 e. The zero-order valence-corrected chi connectivity index (χ0v) is 10.8. The van der Waals surface area contributed by atoms with Crippen molar-refractivity contribution in [3.63, 3.8) is 0 Å². The number of likely N-dealkylation sites (N-methyl/N-ethyl adjacent to an activating group) is 1. The van der Waals surface area contributed by atoms with Crippen molar-refractivity contribution in [1.29, 1.82) is 0 Å². The highest BCUT2D eigenvalue weighted by Crippen LogP contribution is 2.22. The zero-order chi connectivity index (χ0) is 13.6. The van der Waals surface area contributed by atoms with Crippen molar-refractivity contribution in [3.05, 3.63) is 34.4 Å². The Hall–Kier alpha value is -1.66. The van der Waals surface area contributed by atoms with Crippen LogP contribution < -0.4 is 5.32 Å². The molecule has 0 heterocycles. The molecule has 6 heteroatoms. The van der Waals surface area contributed by atoms with Gasteiger partial charge in [-0.15, -0.1) is 0 Å². The fourth-order valence-corrected chi connectivity index (χ4v) is 1.66. The zero-order valence-electron chi connectivity index (χ0n) is 10.8. The van der Waals surface area contributed by atoms with E-state index in [0.717, 1.165) is 6.54 Å². The first-order valence-electron chi connectivity index (χ1n) is 5.86. The van der Waals surface area contributed by atoms with Crippen molar-refractivity contribution in [1.82, 2.24) is 0 Å². The summed E-state index contributed by atoms with van der Waals surface area (Å²) < 4.78 is 0.671. The summed E-state index contributed by atoms with van der Waals surface area (Å²) in [6, 6.07) is 6.60. The molecule has 1 rings (SSSR count). The highest BCUT2D eigenvalue weighted by atomic mass is 16.6. The van der Waals surface area contributed by atoms with E-state index in [1.807, 2.05) is 14.1 Å². The second-order valence-electron chi connectivity index (χ2n) is 4.81. The molecule has 0 aliphatic rings. The number of para-hydroxylation sites is 2. The number of nitrogens with one attached hydrogen (secondary N) is 1. The summed E-state index contributed by atoms with van der Waals surface area (Å²) in [4.78, 5) is 10.4. The molecular weight excluding hydrogens is 234 g/mol. The van der Waals surface area contributed by atoms with Crippen molar-refractivity contribution in [2.24, 2.45) is 0 Å². The molecule has 0 spiro atoms. The first-order valence-corrected chi connectivity index (χ1v) is 5.86. The Morgan fingerprint density at radius 2 is 2.00 bits per heavy atom. The van der Waals surface area contributed by atoms with Crippen LogP contribution in [0.5, 0.6) is 0 Å². The average Bonchev–Trinajstić information content (AvgIpc) is 2.29. The lowest BCUT2D eigenvalue weighted by atomic mass is 10.2. The molecule has 0 radical (unpaired) electrons. The van der Waals surface area contributed by atoms with Gasteiger partial charge >= 0.3 is 0 Å². The molecule has 0 fully saturated rings. The molecule has 1 aromatic rings. The average molecular weight is 254 g/mol. The van der Waals surface area contributed by atoms with Crippen LogP contribution in [0, 0.1) is 10.1 Å². The molecule has 100 valence electrons. The van der Waals surface area contributed by atoms with Gasteiger partial charge in [0, 0.05) is 6.07 Å². The summed E-state index contributed by atoms with van der Waals surface area (Å²) in [7, 11) is 4.02. The number of benzene rings is 1. The summed E-state index contributed by atoms with van der Waals surface area (Å²) in [6.45, 7) is 2.21. The molecule has 0 unspecified atom stereocenters. The number of hydrogen-bond donors (Lipinski definition) is 2. The Balaban J connectivity index is 2.56. The lowest BCUT2D eigenvalue weighted by Crippen LogP contribution is -2.45. The van der Waals surface area contributed by atoms with Crippen LogP contribution in [-0.4, -0.2) is 54.8 Å². The maximum atomic E-state index is 10.8. The molecule has 0 saturated carbocycles. The van der Waals surface area contributed by atoms with Gasteiger partial charge in [0.05, 0.1) is 38.7 Å². The van der Waals surface area contributed by atoms with E-state index >= 15 is 0 Å². The molecule has 0 atom stereocenters. The van der Waals surface area contributed by atoms with E-state index in [1.54, 1.807) is 18.2 Å². The quantitative estimate of drug-likeness (QED) is 0.433. The van der Waals surface area contributed by atoms with Crippen molar-refractivity contribution in [3.8, 4) is 0 Å². The van der Waals surface area contributed by atoms with Gasteiger partial charge in [0.25, 0.3) is 5.69 Å². The summed E-state index contributed by atoms with van der Waals surface area (Å²) in [5.74, 6) is 0. The van der Waals surface area contributed by atoms with Crippen LogP contribution in [0.25, 0.3) is 0 Å². The maximum absolute atomic E-state index is 10.8. The number of aliphatic hydroxyl groups is 1. The molecular formula is C12H20N3O3+. The number of nitro benzene ring substituents is 1. The third kappa shape index (κ3) is 4.31. The van der Waals surface area contributed by atoms with Crippen LogP contribution in [0.4, 0.5) is 11.4 Å². The van der Waals surface area contributed by atoms with Gasteiger partial charge in [0.2, 0.25) is 0 Å². The van der Waals surface area contributed by atoms with E-state index in [4.69, 9.17) is 5.11 Å². The predicted octanol–water partition coefficient (Wildman–Crippen LogP) is 1.08. The van der Waals surface area contributed by atoms with Crippen molar-refractivity contribution in [2.75, 3.05) is 45.7 Å². The van der Waals surface area contributed by atoms with Gasteiger partial charge in [-0.2, -0.15) is 0 Å². The van der Waals surface area contributed by atoms with E-state index in [9.17, 15) is 10.1 Å². The first-order chi connectivity index (χ1) is 8.46. The lowest BCUT2D eigenvalue weighted by molar-refractivity contribution is -0.888. The number of quaternary nitrogens is 1. The van der Waals surface area contributed by atoms with Gasteiger partial charge in [-0.1, -0.05) is 12.1 Å². The topological polar surface area (TPSA) is 75.4 Å². The largest absolute Gasteiger partial charge is 0.391 e. The summed E-state index contributed by atoms with van der Waals surface area (Å²) in [5.41, 5.74) is 0.622. The summed E-state index contributed by atoms with van der Waals surface area (Å²) in [5, 5.41) is 22.8. The molecule has 0 bridgehead atoms. The predicted molar refractivity (Wildman–Crippen MR) is 70.5 cm³/mol. The maximum Gasteiger partial charge on any atom is 0.292 e. The minimum absolute atomic E-state index is 0.0879. The number of hydrogen-bond acceptors (Lipinski definition) is 4. The number of nitrogens with zero attached hydrogens (tertiary/aromatic N) is 2. The Morgan fingerprint density at radius 1 is 1.33 bits per heavy atom. The second-order valence-corrected chi connectivity index (χ2v) is 4.81. The Morgan fingerprint density at radius 3 is 2.61 bits per heavy atom. The van der Waals surface area contributed by atoms with E-state index in [0.29, 0.717) is 23.3 Å².